The molecule has 3 nitrogen and oxygen atoms in total. The van der Waals surface area contributed by atoms with Gasteiger partial charge < -0.3 is 0 Å². The van der Waals surface area contributed by atoms with E-state index in [4.69, 9.17) is 11.6 Å². The minimum Gasteiger partial charge on any atom is -0.157 e. The highest BCUT2D eigenvalue weighted by molar-refractivity contribution is 6.32. The highest BCUT2D eigenvalue weighted by atomic mass is 35.5. The van der Waals surface area contributed by atoms with Crippen LogP contribution in [0.4, 0.5) is 0 Å². The van der Waals surface area contributed by atoms with Gasteiger partial charge in [-0.15, -0.1) is 4.80 Å². The fourth-order valence-electron chi connectivity index (χ4n) is 1.21. The molecule has 0 unspecified atom stereocenters. The van der Waals surface area contributed by atoms with Crippen molar-refractivity contribution in [3.8, 4) is 5.69 Å². The summed E-state index contributed by atoms with van der Waals surface area (Å²) in [6, 6.07) is 5.71. The summed E-state index contributed by atoms with van der Waals surface area (Å²) in [6.07, 6.45) is 3.26. The third-order valence-corrected chi connectivity index (χ3v) is 2.11. The predicted octanol–water partition coefficient (Wildman–Crippen LogP) is 2.23. The zero-order valence-corrected chi connectivity index (χ0v) is 7.86. The van der Waals surface area contributed by atoms with Crippen LogP contribution < -0.4 is 0 Å². The molecule has 0 aliphatic rings. The Labute approximate surface area is 81.0 Å². The van der Waals surface area contributed by atoms with Gasteiger partial charge in [0.2, 0.25) is 0 Å². The van der Waals surface area contributed by atoms with Crippen LogP contribution in [-0.4, -0.2) is 15.0 Å². The predicted molar refractivity (Wildman–Crippen MR) is 51.1 cm³/mol. The quantitative estimate of drug-likeness (QED) is 0.696. The molecule has 66 valence electrons. The first-order chi connectivity index (χ1) is 6.29. The summed E-state index contributed by atoms with van der Waals surface area (Å²) < 4.78 is 0. The summed E-state index contributed by atoms with van der Waals surface area (Å²) in [5, 5.41) is 8.72. The molecule has 1 aromatic carbocycles. The number of benzene rings is 1. The van der Waals surface area contributed by atoms with Crippen LogP contribution in [0, 0.1) is 6.92 Å². The summed E-state index contributed by atoms with van der Waals surface area (Å²) in [5.74, 6) is 0. The lowest BCUT2D eigenvalue weighted by molar-refractivity contribution is 0.747. The van der Waals surface area contributed by atoms with Crippen LogP contribution >= 0.6 is 11.6 Å². The van der Waals surface area contributed by atoms with Gasteiger partial charge in [0.15, 0.2) is 0 Å². The Morgan fingerprint density at radius 1 is 1.23 bits per heavy atom. The molecule has 0 radical (unpaired) electrons. The largest absolute Gasteiger partial charge is 0.157 e. The fourth-order valence-corrected chi connectivity index (χ4v) is 1.51. The minimum atomic E-state index is 0.663. The van der Waals surface area contributed by atoms with Gasteiger partial charge in [-0.25, -0.2) is 0 Å². The van der Waals surface area contributed by atoms with Gasteiger partial charge >= 0.3 is 0 Å². The van der Waals surface area contributed by atoms with Crippen LogP contribution in [0.3, 0.4) is 0 Å². The molecule has 0 fully saturated rings. The zero-order chi connectivity index (χ0) is 9.26. The van der Waals surface area contributed by atoms with Crippen LogP contribution in [0.1, 0.15) is 5.56 Å². The van der Waals surface area contributed by atoms with E-state index in [2.05, 4.69) is 10.2 Å². The van der Waals surface area contributed by atoms with Crippen LogP contribution in [0.2, 0.25) is 5.02 Å². The van der Waals surface area contributed by atoms with E-state index in [1.54, 1.807) is 12.4 Å². The average molecular weight is 194 g/mol. The molecule has 4 heteroatoms. The molecular weight excluding hydrogens is 186 g/mol. The lowest BCUT2D eigenvalue weighted by Gasteiger charge is -2.05. The van der Waals surface area contributed by atoms with Crippen molar-refractivity contribution in [3.63, 3.8) is 0 Å². The second-order valence-electron chi connectivity index (χ2n) is 2.72. The van der Waals surface area contributed by atoms with Crippen molar-refractivity contribution in [1.82, 2.24) is 15.0 Å². The van der Waals surface area contributed by atoms with Gasteiger partial charge in [0.25, 0.3) is 0 Å². The maximum atomic E-state index is 6.02. The highest BCUT2D eigenvalue weighted by Crippen LogP contribution is 2.21. The second-order valence-corrected chi connectivity index (χ2v) is 3.13. The molecule has 0 saturated carbocycles. The van der Waals surface area contributed by atoms with E-state index in [0.717, 1.165) is 11.3 Å². The van der Waals surface area contributed by atoms with Gasteiger partial charge in [0.05, 0.1) is 17.4 Å². The van der Waals surface area contributed by atoms with Crippen molar-refractivity contribution >= 4 is 11.6 Å². The lowest BCUT2D eigenvalue weighted by Crippen LogP contribution is -2.01. The number of rotatable bonds is 1. The highest BCUT2D eigenvalue weighted by Gasteiger charge is 2.06. The smallest absolute Gasteiger partial charge is 0.107 e. The molecule has 2 rings (SSSR count). The normalized spacial score (nSPS) is 10.3. The van der Waals surface area contributed by atoms with E-state index in [0.29, 0.717) is 5.02 Å². The number of nitrogens with zero attached hydrogens (tertiary/aromatic N) is 3. The molecule has 0 atom stereocenters. The molecule has 13 heavy (non-hydrogen) atoms. The Kier molecular flexibility index (Phi) is 2.02. The van der Waals surface area contributed by atoms with E-state index in [9.17, 15) is 0 Å². The molecule has 2 aromatic rings. The number of aromatic nitrogens is 3. The molecule has 0 amide bonds. The van der Waals surface area contributed by atoms with E-state index < -0.39 is 0 Å². The minimum absolute atomic E-state index is 0.663. The molecule has 0 aliphatic carbocycles. The standard InChI is InChI=1S/C9H8ClN3/c1-7-3-2-4-8(10)9(7)13-11-5-6-12-13/h2-6H,1H3. The molecule has 0 aliphatic heterocycles. The first-order valence-electron chi connectivity index (χ1n) is 3.91. The molecule has 0 bridgehead atoms. The van der Waals surface area contributed by atoms with Crippen LogP contribution in [0.15, 0.2) is 30.6 Å². The second kappa shape index (κ2) is 3.18. The Morgan fingerprint density at radius 2 is 1.92 bits per heavy atom. The maximum Gasteiger partial charge on any atom is 0.107 e. The Bertz CT molecular complexity index is 389. The maximum absolute atomic E-state index is 6.02. The summed E-state index contributed by atoms with van der Waals surface area (Å²) in [5.41, 5.74) is 1.90. The number of hydrogen-bond donors (Lipinski definition) is 0. The molecule has 0 N–H and O–H groups in total. The number of aryl methyl sites for hydroxylation is 1. The number of halogens is 1. The van der Waals surface area contributed by atoms with Gasteiger partial charge in [-0.2, -0.15) is 10.2 Å². The Morgan fingerprint density at radius 3 is 2.54 bits per heavy atom. The van der Waals surface area contributed by atoms with E-state index >= 15 is 0 Å². The van der Waals surface area contributed by atoms with Crippen LogP contribution in [-0.2, 0) is 0 Å². The van der Waals surface area contributed by atoms with E-state index in [1.165, 1.54) is 4.80 Å². The van der Waals surface area contributed by atoms with Crippen LogP contribution in [0.5, 0.6) is 0 Å². The average Bonchev–Trinajstić information content (AvgIpc) is 2.57. The van der Waals surface area contributed by atoms with Gasteiger partial charge in [0, 0.05) is 0 Å². The Balaban J connectivity index is 2.64. The van der Waals surface area contributed by atoms with Gasteiger partial charge in [0.1, 0.15) is 5.69 Å². The topological polar surface area (TPSA) is 30.7 Å². The van der Waals surface area contributed by atoms with E-state index in [-0.39, 0.29) is 0 Å². The third kappa shape index (κ3) is 1.42. The summed E-state index contributed by atoms with van der Waals surface area (Å²) >= 11 is 6.02. The molecule has 1 aromatic heterocycles. The van der Waals surface area contributed by atoms with Crippen molar-refractivity contribution in [1.29, 1.82) is 0 Å². The first kappa shape index (κ1) is 8.26. The SMILES string of the molecule is Cc1cccc(Cl)c1-n1nccn1. The fraction of sp³-hybridized carbons (Fsp3) is 0.111. The molecular formula is C9H8ClN3. The summed E-state index contributed by atoms with van der Waals surface area (Å²) in [4.78, 5) is 1.53. The Hall–Kier alpha value is -1.35. The monoisotopic (exact) mass is 193 g/mol. The summed E-state index contributed by atoms with van der Waals surface area (Å²) in [6.45, 7) is 1.98. The van der Waals surface area contributed by atoms with Crippen molar-refractivity contribution in [2.75, 3.05) is 0 Å². The lowest BCUT2D eigenvalue weighted by atomic mass is 10.2. The van der Waals surface area contributed by atoms with Crippen molar-refractivity contribution in [2.24, 2.45) is 0 Å². The number of hydrogen-bond acceptors (Lipinski definition) is 2. The number of para-hydroxylation sites is 1. The van der Waals surface area contributed by atoms with Crippen molar-refractivity contribution in [3.05, 3.63) is 41.2 Å². The molecule has 1 heterocycles. The molecule has 0 saturated heterocycles. The van der Waals surface area contributed by atoms with Crippen molar-refractivity contribution in [2.45, 2.75) is 6.92 Å². The first-order valence-corrected chi connectivity index (χ1v) is 4.28. The zero-order valence-electron chi connectivity index (χ0n) is 7.11. The van der Waals surface area contributed by atoms with Gasteiger partial charge in [-0.1, -0.05) is 23.7 Å². The van der Waals surface area contributed by atoms with Gasteiger partial charge in [-0.3, -0.25) is 0 Å². The van der Waals surface area contributed by atoms with Crippen molar-refractivity contribution < 1.29 is 0 Å². The van der Waals surface area contributed by atoms with Crippen LogP contribution in [0.25, 0.3) is 5.69 Å². The molecule has 0 spiro atoms. The summed E-state index contributed by atoms with van der Waals surface area (Å²) in [7, 11) is 0. The van der Waals surface area contributed by atoms with Gasteiger partial charge in [-0.05, 0) is 18.6 Å². The van der Waals surface area contributed by atoms with E-state index in [1.807, 2.05) is 25.1 Å². The third-order valence-electron chi connectivity index (χ3n) is 1.81.